The van der Waals surface area contributed by atoms with Crippen molar-refractivity contribution in [2.24, 2.45) is 4.99 Å². The number of carbonyl (C=O) groups is 1. The lowest BCUT2D eigenvalue weighted by atomic mass is 10.1. The van der Waals surface area contributed by atoms with Gasteiger partial charge in [-0.1, -0.05) is 24.3 Å². The fourth-order valence-corrected chi connectivity index (χ4v) is 3.14. The number of nitro groups is 1. The molecule has 0 unspecified atom stereocenters. The van der Waals surface area contributed by atoms with Gasteiger partial charge in [0.1, 0.15) is 18.2 Å². The summed E-state index contributed by atoms with van der Waals surface area (Å²) in [6, 6.07) is 17.5. The number of hydrogen-bond acceptors (Lipinski definition) is 6. The van der Waals surface area contributed by atoms with E-state index in [1.807, 2.05) is 0 Å². The Hall–Kier alpha value is -4.33. The molecular formula is C24H17FN2O5. The van der Waals surface area contributed by atoms with E-state index in [0.717, 1.165) is 0 Å². The van der Waals surface area contributed by atoms with Gasteiger partial charge in [-0.15, -0.1) is 0 Å². The van der Waals surface area contributed by atoms with Crippen molar-refractivity contribution in [3.05, 3.63) is 111 Å². The minimum absolute atomic E-state index is 0.0193. The van der Waals surface area contributed by atoms with Crippen molar-refractivity contribution < 1.29 is 23.6 Å². The van der Waals surface area contributed by atoms with Crippen LogP contribution in [0.15, 0.2) is 77.4 Å². The van der Waals surface area contributed by atoms with Gasteiger partial charge >= 0.3 is 5.97 Å². The van der Waals surface area contributed by atoms with Gasteiger partial charge in [0.2, 0.25) is 5.90 Å². The zero-order chi connectivity index (χ0) is 22.7. The largest absolute Gasteiger partial charge is 0.489 e. The summed E-state index contributed by atoms with van der Waals surface area (Å²) in [6.45, 7) is 1.83. The molecule has 32 heavy (non-hydrogen) atoms. The van der Waals surface area contributed by atoms with Gasteiger partial charge in [-0.25, -0.2) is 14.2 Å². The van der Waals surface area contributed by atoms with Crippen LogP contribution in [0.5, 0.6) is 5.75 Å². The molecule has 0 bridgehead atoms. The molecule has 0 fully saturated rings. The van der Waals surface area contributed by atoms with Gasteiger partial charge in [-0.3, -0.25) is 10.1 Å². The summed E-state index contributed by atoms with van der Waals surface area (Å²) in [5.74, 6) is -0.243. The van der Waals surface area contributed by atoms with Crippen molar-refractivity contribution in [2.45, 2.75) is 13.5 Å². The molecule has 7 nitrogen and oxygen atoms in total. The monoisotopic (exact) mass is 432 g/mol. The molecule has 0 atom stereocenters. The van der Waals surface area contributed by atoms with E-state index in [2.05, 4.69) is 4.99 Å². The molecule has 0 radical (unpaired) electrons. The van der Waals surface area contributed by atoms with Crippen LogP contribution in [0.1, 0.15) is 22.3 Å². The maximum absolute atomic E-state index is 13.2. The fourth-order valence-electron chi connectivity index (χ4n) is 3.14. The average Bonchev–Trinajstić information content (AvgIpc) is 3.13. The van der Waals surface area contributed by atoms with Crippen LogP contribution in [-0.4, -0.2) is 16.8 Å². The molecule has 160 valence electrons. The molecule has 8 heteroatoms. The van der Waals surface area contributed by atoms with E-state index in [4.69, 9.17) is 9.47 Å². The van der Waals surface area contributed by atoms with Crippen molar-refractivity contribution >= 4 is 23.6 Å². The van der Waals surface area contributed by atoms with Crippen LogP contribution in [0.3, 0.4) is 0 Å². The smallest absolute Gasteiger partial charge is 0.363 e. The number of nitro benzene ring substituents is 1. The Morgan fingerprint density at radius 2 is 1.91 bits per heavy atom. The molecule has 4 rings (SSSR count). The van der Waals surface area contributed by atoms with Crippen LogP contribution < -0.4 is 4.74 Å². The van der Waals surface area contributed by atoms with Gasteiger partial charge in [-0.05, 0) is 60.5 Å². The van der Waals surface area contributed by atoms with Crippen molar-refractivity contribution in [3.8, 4) is 5.75 Å². The first kappa shape index (κ1) is 20.9. The Balaban J connectivity index is 1.47. The Morgan fingerprint density at radius 1 is 1.12 bits per heavy atom. The summed E-state index contributed by atoms with van der Waals surface area (Å²) in [7, 11) is 0. The summed E-state index contributed by atoms with van der Waals surface area (Å²) in [4.78, 5) is 26.9. The van der Waals surface area contributed by atoms with Crippen LogP contribution in [0, 0.1) is 22.9 Å². The number of rotatable bonds is 6. The van der Waals surface area contributed by atoms with E-state index < -0.39 is 10.9 Å². The summed E-state index contributed by atoms with van der Waals surface area (Å²) in [5.41, 5.74) is 2.44. The SMILES string of the molecule is Cc1cc(C2=N/C(=C\c3ccc(OCc4cccc(F)c4)cc3)C(=O)O2)ccc1[N+](=O)[O-]. The topological polar surface area (TPSA) is 91.0 Å². The number of ether oxygens (including phenoxy) is 2. The van der Waals surface area contributed by atoms with Crippen molar-refractivity contribution in [3.63, 3.8) is 0 Å². The first-order chi connectivity index (χ1) is 15.4. The van der Waals surface area contributed by atoms with Gasteiger partial charge in [-0.2, -0.15) is 0 Å². The predicted molar refractivity (Wildman–Crippen MR) is 116 cm³/mol. The number of nitrogens with zero attached hydrogens (tertiary/aromatic N) is 2. The minimum Gasteiger partial charge on any atom is -0.489 e. The molecule has 1 aliphatic heterocycles. The second-order valence-corrected chi connectivity index (χ2v) is 7.08. The third-order valence-corrected chi connectivity index (χ3v) is 4.74. The zero-order valence-electron chi connectivity index (χ0n) is 16.9. The summed E-state index contributed by atoms with van der Waals surface area (Å²) in [5, 5.41) is 11.0. The maximum atomic E-state index is 13.2. The molecule has 0 aromatic heterocycles. The predicted octanol–water partition coefficient (Wildman–Crippen LogP) is 4.97. The van der Waals surface area contributed by atoms with Gasteiger partial charge in [0.15, 0.2) is 5.70 Å². The Labute approximate surface area is 182 Å². The molecule has 0 aliphatic carbocycles. The molecule has 0 saturated carbocycles. The number of benzene rings is 3. The molecular weight excluding hydrogens is 415 g/mol. The number of esters is 1. The molecule has 0 N–H and O–H groups in total. The lowest BCUT2D eigenvalue weighted by Crippen LogP contribution is -2.06. The van der Waals surface area contributed by atoms with Crippen LogP contribution in [-0.2, 0) is 16.1 Å². The van der Waals surface area contributed by atoms with E-state index in [9.17, 15) is 19.3 Å². The van der Waals surface area contributed by atoms with Gasteiger partial charge < -0.3 is 9.47 Å². The number of aryl methyl sites for hydroxylation is 1. The Morgan fingerprint density at radius 3 is 2.59 bits per heavy atom. The van der Waals surface area contributed by atoms with E-state index in [1.165, 1.54) is 24.3 Å². The average molecular weight is 432 g/mol. The van der Waals surface area contributed by atoms with Gasteiger partial charge in [0.05, 0.1) is 4.92 Å². The molecule has 1 heterocycles. The Bertz CT molecular complexity index is 1270. The number of carbonyl (C=O) groups excluding carboxylic acids is 1. The van der Waals surface area contributed by atoms with Crippen LogP contribution in [0.25, 0.3) is 6.08 Å². The van der Waals surface area contributed by atoms with Gasteiger partial charge in [0, 0.05) is 17.2 Å². The molecule has 0 amide bonds. The first-order valence-corrected chi connectivity index (χ1v) is 9.64. The summed E-state index contributed by atoms with van der Waals surface area (Å²) >= 11 is 0. The van der Waals surface area contributed by atoms with E-state index in [-0.39, 0.29) is 29.7 Å². The number of aliphatic imine (C=N–C) groups is 1. The minimum atomic E-state index is -0.609. The van der Waals surface area contributed by atoms with E-state index in [1.54, 1.807) is 55.5 Å². The maximum Gasteiger partial charge on any atom is 0.363 e. The standard InChI is InChI=1S/C24H17FN2O5/c1-15-11-18(7-10-22(15)27(29)30)23-26-21(24(28)32-23)13-16-5-8-20(9-6-16)31-14-17-3-2-4-19(25)12-17/h2-13H,14H2,1H3/b21-13-. The van der Waals surface area contributed by atoms with Crippen molar-refractivity contribution in [1.29, 1.82) is 0 Å². The lowest BCUT2D eigenvalue weighted by molar-refractivity contribution is -0.385. The third kappa shape index (κ3) is 4.70. The zero-order valence-corrected chi connectivity index (χ0v) is 16.9. The second kappa shape index (κ2) is 8.81. The highest BCUT2D eigenvalue weighted by Crippen LogP contribution is 2.24. The van der Waals surface area contributed by atoms with E-state index in [0.29, 0.717) is 28.0 Å². The second-order valence-electron chi connectivity index (χ2n) is 7.08. The molecule has 0 spiro atoms. The molecule has 1 aliphatic rings. The molecule has 3 aromatic rings. The van der Waals surface area contributed by atoms with Crippen molar-refractivity contribution in [1.82, 2.24) is 0 Å². The molecule has 0 saturated heterocycles. The normalized spacial score (nSPS) is 14.2. The summed E-state index contributed by atoms with van der Waals surface area (Å²) in [6.07, 6.45) is 1.57. The van der Waals surface area contributed by atoms with Crippen LogP contribution in [0.2, 0.25) is 0 Å². The first-order valence-electron chi connectivity index (χ1n) is 9.64. The number of cyclic esters (lactones) is 1. The third-order valence-electron chi connectivity index (χ3n) is 4.74. The van der Waals surface area contributed by atoms with E-state index >= 15 is 0 Å². The molecule has 3 aromatic carbocycles. The van der Waals surface area contributed by atoms with Crippen molar-refractivity contribution in [2.75, 3.05) is 0 Å². The highest BCUT2D eigenvalue weighted by Gasteiger charge is 2.25. The highest BCUT2D eigenvalue weighted by molar-refractivity contribution is 6.13. The fraction of sp³-hybridized carbons (Fsp3) is 0.0833. The number of hydrogen-bond donors (Lipinski definition) is 0. The quantitative estimate of drug-likeness (QED) is 0.237. The van der Waals surface area contributed by atoms with Crippen LogP contribution in [0.4, 0.5) is 10.1 Å². The van der Waals surface area contributed by atoms with Crippen LogP contribution >= 0.6 is 0 Å². The lowest BCUT2D eigenvalue weighted by Gasteiger charge is -2.06. The summed E-state index contributed by atoms with van der Waals surface area (Å²) < 4.78 is 24.1. The van der Waals surface area contributed by atoms with Gasteiger partial charge in [0.25, 0.3) is 5.69 Å². The highest BCUT2D eigenvalue weighted by atomic mass is 19.1. The number of halogens is 1. The Kier molecular flexibility index (Phi) is 5.76.